The van der Waals surface area contributed by atoms with Crippen LogP contribution in [0.3, 0.4) is 0 Å². The van der Waals surface area contributed by atoms with Crippen LogP contribution in [-0.4, -0.2) is 36.2 Å². The molecule has 0 aliphatic carbocycles. The van der Waals surface area contributed by atoms with Crippen LogP contribution in [0, 0.1) is 0 Å². The molecule has 122 valence electrons. The molecular formula is C17H25NO4. The number of benzene rings is 1. The van der Waals surface area contributed by atoms with Crippen molar-refractivity contribution in [2.45, 2.75) is 44.6 Å². The summed E-state index contributed by atoms with van der Waals surface area (Å²) in [5, 5.41) is 11.8. The summed E-state index contributed by atoms with van der Waals surface area (Å²) in [7, 11) is 1.49. The fourth-order valence-electron chi connectivity index (χ4n) is 2.62. The van der Waals surface area contributed by atoms with E-state index in [9.17, 15) is 9.59 Å². The Hall–Kier alpha value is -1.88. The second-order valence-corrected chi connectivity index (χ2v) is 5.83. The van der Waals surface area contributed by atoms with Crippen LogP contribution < -0.4 is 5.32 Å². The molecule has 1 aromatic carbocycles. The summed E-state index contributed by atoms with van der Waals surface area (Å²) in [4.78, 5) is 23.3. The molecule has 0 aliphatic rings. The minimum Gasteiger partial charge on any atom is -0.481 e. The Balaban J connectivity index is 2.71. The lowest BCUT2D eigenvalue weighted by Gasteiger charge is -2.29. The summed E-state index contributed by atoms with van der Waals surface area (Å²) in [6.07, 6.45) is 1.01. The van der Waals surface area contributed by atoms with E-state index in [0.717, 1.165) is 12.0 Å². The van der Waals surface area contributed by atoms with Gasteiger partial charge in [0.1, 0.15) is 0 Å². The Morgan fingerprint density at radius 3 is 2.45 bits per heavy atom. The lowest BCUT2D eigenvalue weighted by atomic mass is 9.92. The van der Waals surface area contributed by atoms with E-state index in [0.29, 0.717) is 6.42 Å². The van der Waals surface area contributed by atoms with Crippen molar-refractivity contribution in [3.8, 4) is 0 Å². The van der Waals surface area contributed by atoms with Gasteiger partial charge in [-0.2, -0.15) is 0 Å². The number of amides is 1. The largest absolute Gasteiger partial charge is 0.481 e. The highest BCUT2D eigenvalue weighted by Crippen LogP contribution is 2.23. The number of methoxy groups -OCH3 is 1. The SMILES string of the molecule is CCC(CC(=O)NC(C)(COC)CC(=O)O)c1ccccc1. The minimum atomic E-state index is -0.963. The molecule has 1 amide bonds. The molecule has 0 saturated carbocycles. The van der Waals surface area contributed by atoms with Crippen molar-refractivity contribution in [1.29, 1.82) is 0 Å². The van der Waals surface area contributed by atoms with Gasteiger partial charge in [-0.1, -0.05) is 37.3 Å². The average Bonchev–Trinajstić information content (AvgIpc) is 2.44. The van der Waals surface area contributed by atoms with Gasteiger partial charge in [0.25, 0.3) is 0 Å². The first-order valence-corrected chi connectivity index (χ1v) is 7.47. The molecule has 0 radical (unpaired) electrons. The topological polar surface area (TPSA) is 75.6 Å². The number of carbonyl (C=O) groups is 2. The highest BCUT2D eigenvalue weighted by Gasteiger charge is 2.30. The average molecular weight is 307 g/mol. The molecule has 22 heavy (non-hydrogen) atoms. The molecule has 0 aliphatic heterocycles. The molecule has 1 rings (SSSR count). The number of carboxylic acid groups (broad SMARTS) is 1. The van der Waals surface area contributed by atoms with Gasteiger partial charge in [-0.15, -0.1) is 0 Å². The molecular weight excluding hydrogens is 282 g/mol. The zero-order valence-corrected chi connectivity index (χ0v) is 13.5. The van der Waals surface area contributed by atoms with E-state index in [-0.39, 0.29) is 24.9 Å². The highest BCUT2D eigenvalue weighted by atomic mass is 16.5. The van der Waals surface area contributed by atoms with Crippen LogP contribution in [0.25, 0.3) is 0 Å². The summed E-state index contributed by atoms with van der Waals surface area (Å²) in [5.74, 6) is -0.996. The Kier molecular flexibility index (Phi) is 7.05. The fourth-order valence-corrected chi connectivity index (χ4v) is 2.62. The molecule has 0 fully saturated rings. The van der Waals surface area contributed by atoms with Gasteiger partial charge in [0, 0.05) is 13.5 Å². The Morgan fingerprint density at radius 2 is 1.95 bits per heavy atom. The quantitative estimate of drug-likeness (QED) is 0.735. The summed E-state index contributed by atoms with van der Waals surface area (Å²) < 4.78 is 5.05. The molecule has 0 aromatic heterocycles. The van der Waals surface area contributed by atoms with E-state index in [1.54, 1.807) is 6.92 Å². The number of rotatable bonds is 9. The van der Waals surface area contributed by atoms with Gasteiger partial charge in [0.05, 0.1) is 18.6 Å². The number of hydrogen-bond donors (Lipinski definition) is 2. The van der Waals surface area contributed by atoms with Gasteiger partial charge in [-0.05, 0) is 24.8 Å². The van der Waals surface area contributed by atoms with Gasteiger partial charge in [0.15, 0.2) is 0 Å². The third-order valence-corrected chi connectivity index (χ3v) is 3.64. The van der Waals surface area contributed by atoms with Crippen LogP contribution in [0.5, 0.6) is 0 Å². The van der Waals surface area contributed by atoms with E-state index < -0.39 is 11.5 Å². The number of nitrogens with one attached hydrogen (secondary N) is 1. The summed E-state index contributed by atoms with van der Waals surface area (Å²) in [6, 6.07) is 9.86. The van der Waals surface area contributed by atoms with Crippen LogP contribution in [0.1, 0.15) is 44.6 Å². The van der Waals surface area contributed by atoms with E-state index in [1.165, 1.54) is 7.11 Å². The van der Waals surface area contributed by atoms with Crippen molar-refractivity contribution in [2.75, 3.05) is 13.7 Å². The second-order valence-electron chi connectivity index (χ2n) is 5.83. The number of carbonyl (C=O) groups excluding carboxylic acids is 1. The third-order valence-electron chi connectivity index (χ3n) is 3.64. The first-order valence-electron chi connectivity index (χ1n) is 7.47. The van der Waals surface area contributed by atoms with Crippen molar-refractivity contribution >= 4 is 11.9 Å². The van der Waals surface area contributed by atoms with Crippen LogP contribution in [0.15, 0.2) is 30.3 Å². The first-order chi connectivity index (χ1) is 10.4. The van der Waals surface area contributed by atoms with Crippen LogP contribution >= 0.6 is 0 Å². The van der Waals surface area contributed by atoms with E-state index in [1.807, 2.05) is 37.3 Å². The predicted molar refractivity (Wildman–Crippen MR) is 84.8 cm³/mol. The van der Waals surface area contributed by atoms with Crippen LogP contribution in [0.2, 0.25) is 0 Å². The molecule has 2 atom stereocenters. The maximum Gasteiger partial charge on any atom is 0.305 e. The van der Waals surface area contributed by atoms with Gasteiger partial charge < -0.3 is 15.2 Å². The molecule has 0 heterocycles. The number of ether oxygens (including phenoxy) is 1. The Morgan fingerprint density at radius 1 is 1.32 bits per heavy atom. The maximum absolute atomic E-state index is 12.3. The van der Waals surface area contributed by atoms with Crippen molar-refractivity contribution in [2.24, 2.45) is 0 Å². The first kappa shape index (κ1) is 18.2. The number of carboxylic acids is 1. The predicted octanol–water partition coefficient (Wildman–Crippen LogP) is 2.57. The number of aliphatic carboxylic acids is 1. The maximum atomic E-state index is 12.3. The molecule has 5 heteroatoms. The van der Waals surface area contributed by atoms with E-state index in [4.69, 9.17) is 9.84 Å². The molecule has 5 nitrogen and oxygen atoms in total. The Bertz CT molecular complexity index is 489. The summed E-state index contributed by atoms with van der Waals surface area (Å²) in [6.45, 7) is 3.88. The fraction of sp³-hybridized carbons (Fsp3) is 0.529. The highest BCUT2D eigenvalue weighted by molar-refractivity contribution is 5.79. The van der Waals surface area contributed by atoms with Crippen molar-refractivity contribution < 1.29 is 19.4 Å². The second kappa shape index (κ2) is 8.54. The van der Waals surface area contributed by atoms with Crippen molar-refractivity contribution in [3.05, 3.63) is 35.9 Å². The number of hydrogen-bond acceptors (Lipinski definition) is 3. The monoisotopic (exact) mass is 307 g/mol. The zero-order valence-electron chi connectivity index (χ0n) is 13.5. The Labute approximate surface area is 131 Å². The lowest BCUT2D eigenvalue weighted by Crippen LogP contribution is -2.51. The van der Waals surface area contributed by atoms with E-state index >= 15 is 0 Å². The third kappa shape index (κ3) is 5.85. The molecule has 0 spiro atoms. The van der Waals surface area contributed by atoms with Gasteiger partial charge in [-0.3, -0.25) is 9.59 Å². The van der Waals surface area contributed by atoms with Crippen molar-refractivity contribution in [1.82, 2.24) is 5.32 Å². The van der Waals surface area contributed by atoms with Gasteiger partial charge in [0.2, 0.25) is 5.91 Å². The van der Waals surface area contributed by atoms with Gasteiger partial charge in [-0.25, -0.2) is 0 Å². The van der Waals surface area contributed by atoms with E-state index in [2.05, 4.69) is 5.32 Å². The molecule has 0 bridgehead atoms. The molecule has 0 saturated heterocycles. The minimum absolute atomic E-state index is 0.123. The summed E-state index contributed by atoms with van der Waals surface area (Å²) >= 11 is 0. The standard InChI is InChI=1S/C17H25NO4/c1-4-13(14-8-6-5-7-9-14)10-15(19)18-17(2,12-22-3)11-16(20)21/h5-9,13H,4,10-12H2,1-3H3,(H,18,19)(H,20,21). The molecule has 2 unspecified atom stereocenters. The van der Waals surface area contributed by atoms with Gasteiger partial charge >= 0.3 is 5.97 Å². The normalized spacial score (nSPS) is 14.9. The molecule has 2 N–H and O–H groups in total. The lowest BCUT2D eigenvalue weighted by molar-refractivity contribution is -0.139. The van der Waals surface area contributed by atoms with Crippen molar-refractivity contribution in [3.63, 3.8) is 0 Å². The molecule has 1 aromatic rings. The van der Waals surface area contributed by atoms with Crippen LogP contribution in [0.4, 0.5) is 0 Å². The summed E-state index contributed by atoms with van der Waals surface area (Å²) in [5.41, 5.74) is 0.221. The smallest absolute Gasteiger partial charge is 0.305 e. The van der Waals surface area contributed by atoms with Crippen LogP contribution in [-0.2, 0) is 14.3 Å². The zero-order chi connectivity index (χ0) is 16.6.